The molecule has 1 aromatic heterocycles. The second-order valence-corrected chi connectivity index (χ2v) is 11.3. The number of rotatable bonds is 9. The van der Waals surface area contributed by atoms with Crippen LogP contribution in [0.25, 0.3) is 0 Å². The largest absolute Gasteiger partial charge is 0.490 e. The maximum Gasteiger partial charge on any atom is 0.490 e. The summed E-state index contributed by atoms with van der Waals surface area (Å²) in [5.41, 5.74) is -2.66. The first-order valence-electron chi connectivity index (χ1n) is 8.06. The van der Waals surface area contributed by atoms with Gasteiger partial charge in [0.05, 0.1) is 19.3 Å². The van der Waals surface area contributed by atoms with Gasteiger partial charge in [0.1, 0.15) is 10.2 Å². The lowest BCUT2D eigenvalue weighted by Crippen LogP contribution is -2.44. The van der Waals surface area contributed by atoms with Gasteiger partial charge >= 0.3 is 29.2 Å². The van der Waals surface area contributed by atoms with Crippen molar-refractivity contribution in [3.05, 3.63) is 27.4 Å². The van der Waals surface area contributed by atoms with E-state index < -0.39 is 66.2 Å². The third-order valence-electron chi connectivity index (χ3n) is 4.12. The number of phosphoric ester groups is 1. The van der Waals surface area contributed by atoms with Crippen LogP contribution in [0, 0.1) is 10.6 Å². The number of hydrogen-bond donors (Lipinski definition) is 7. The molecule has 31 heavy (non-hydrogen) atoms. The fourth-order valence-corrected chi connectivity index (χ4v) is 6.02. The van der Waals surface area contributed by atoms with Gasteiger partial charge in [0.2, 0.25) is 0 Å². The Kier molecular flexibility index (Phi) is 8.02. The van der Waals surface area contributed by atoms with Gasteiger partial charge in [-0.15, -0.1) is 0 Å². The molecular weight excluding hydrogens is 509 g/mol. The van der Waals surface area contributed by atoms with Gasteiger partial charge in [-0.05, 0) is 13.0 Å². The second kappa shape index (κ2) is 9.33. The second-order valence-electron chi connectivity index (χ2n) is 6.45. The molecule has 20 heteroatoms. The van der Waals surface area contributed by atoms with Crippen LogP contribution >= 0.6 is 35.7 Å². The normalized spacial score (nSPS) is 30.6. The third kappa shape index (κ3) is 6.93. The number of hydrogen-bond acceptors (Lipinski definition) is 11. The van der Waals surface area contributed by atoms with Crippen molar-refractivity contribution >= 4 is 35.7 Å². The van der Waals surface area contributed by atoms with E-state index in [1.54, 1.807) is 0 Å². The minimum atomic E-state index is -5.72. The summed E-state index contributed by atoms with van der Waals surface area (Å²) in [4.78, 5) is 50.1. The van der Waals surface area contributed by atoms with Gasteiger partial charge in [-0.1, -0.05) is 12.2 Å². The van der Waals surface area contributed by atoms with Crippen LogP contribution in [0.1, 0.15) is 13.2 Å². The molecule has 0 bridgehead atoms. The van der Waals surface area contributed by atoms with Crippen molar-refractivity contribution in [3.63, 3.8) is 0 Å². The van der Waals surface area contributed by atoms with Crippen molar-refractivity contribution in [2.24, 2.45) is 5.92 Å². The van der Waals surface area contributed by atoms with Gasteiger partial charge in [0.15, 0.2) is 6.23 Å². The molecule has 6 atom stereocenters. The smallest absolute Gasteiger partial charge is 0.396 e. The summed E-state index contributed by atoms with van der Waals surface area (Å²) in [6.45, 7) is -0.428. The number of phosphoric acid groups is 3. The fourth-order valence-electron chi connectivity index (χ4n) is 2.85. The summed E-state index contributed by atoms with van der Waals surface area (Å²) in [5.74, 6) is -1.18. The summed E-state index contributed by atoms with van der Waals surface area (Å²) >= 11 is 4.81. The van der Waals surface area contributed by atoms with Gasteiger partial charge in [0, 0.05) is 12.1 Å². The molecule has 1 aliphatic heterocycles. The monoisotopic (exact) mass is 528 g/mol. The Morgan fingerprint density at radius 2 is 1.84 bits per heavy atom. The lowest BCUT2D eigenvalue weighted by atomic mass is 9.87. The molecule has 0 spiro atoms. The molecule has 2 heterocycles. The van der Waals surface area contributed by atoms with Crippen LogP contribution in [0.3, 0.4) is 0 Å². The van der Waals surface area contributed by atoms with E-state index in [0.29, 0.717) is 0 Å². The number of aromatic amines is 1. The van der Waals surface area contributed by atoms with Crippen molar-refractivity contribution in [1.29, 1.82) is 0 Å². The number of H-pyrrole nitrogens is 1. The van der Waals surface area contributed by atoms with Gasteiger partial charge in [-0.25, -0.2) is 18.5 Å². The van der Waals surface area contributed by atoms with Crippen molar-refractivity contribution in [1.82, 2.24) is 9.55 Å². The SMILES string of the molecule is CC1(O)C(CO)[C@@H](COP(=O)(O)OP(=O)(O)OP(=O)(O)O)O[C@H]1n1ccc(=S)[nH]c1=O. The lowest BCUT2D eigenvalue weighted by molar-refractivity contribution is -0.0933. The molecule has 0 radical (unpaired) electrons. The highest BCUT2D eigenvalue weighted by atomic mass is 32.1. The Hall–Kier alpha value is -0.610. The first kappa shape index (κ1) is 26.6. The molecule has 7 N–H and O–H groups in total. The zero-order chi connectivity index (χ0) is 23.8. The van der Waals surface area contributed by atoms with Crippen LogP contribution in [-0.4, -0.2) is 64.3 Å². The predicted octanol–water partition coefficient (Wildman–Crippen LogP) is -0.494. The molecule has 1 aliphatic rings. The Labute approximate surface area is 178 Å². The van der Waals surface area contributed by atoms with Gasteiger partial charge in [-0.2, -0.15) is 8.62 Å². The summed E-state index contributed by atoms with van der Waals surface area (Å²) in [7, 11) is -16.7. The van der Waals surface area contributed by atoms with E-state index >= 15 is 0 Å². The minimum absolute atomic E-state index is 0.0989. The number of ether oxygens (including phenoxy) is 1. The molecule has 0 aromatic carbocycles. The zero-order valence-electron chi connectivity index (χ0n) is 15.4. The first-order valence-corrected chi connectivity index (χ1v) is 13.0. The Morgan fingerprint density at radius 1 is 1.23 bits per heavy atom. The summed E-state index contributed by atoms with van der Waals surface area (Å²) in [5, 5.41) is 20.4. The van der Waals surface area contributed by atoms with E-state index in [-0.39, 0.29) is 4.64 Å². The van der Waals surface area contributed by atoms with Crippen LogP contribution in [0.2, 0.25) is 0 Å². The maximum atomic E-state index is 12.1. The molecule has 1 saturated heterocycles. The molecule has 178 valence electrons. The standard InChI is InChI=1S/C11H19N2O14P3S/c1-11(16)6(4-14)7(25-9(11)13-3-2-8(31)12-10(13)15)5-24-29(20,21)27-30(22,23)26-28(17,18)19/h2-3,6-7,9,14,16H,4-5H2,1H3,(H,20,21)(H,22,23)(H,12,15,31)(H2,17,18,19)/t6?,7-,9-,11?/m1/s1. The molecule has 0 aliphatic carbocycles. The minimum Gasteiger partial charge on any atom is -0.396 e. The van der Waals surface area contributed by atoms with Crippen LogP contribution in [0.5, 0.6) is 0 Å². The van der Waals surface area contributed by atoms with E-state index in [2.05, 4.69) is 18.1 Å². The van der Waals surface area contributed by atoms with E-state index in [9.17, 15) is 33.6 Å². The van der Waals surface area contributed by atoms with Crippen LogP contribution in [0.4, 0.5) is 0 Å². The summed E-state index contributed by atoms with van der Waals surface area (Å²) in [6.07, 6.45) is -1.54. The fraction of sp³-hybridized carbons (Fsp3) is 0.636. The zero-order valence-corrected chi connectivity index (χ0v) is 18.9. The topological polar surface area (TPSA) is 247 Å². The highest BCUT2D eigenvalue weighted by molar-refractivity contribution is 7.71. The molecule has 2 rings (SSSR count). The highest BCUT2D eigenvalue weighted by Gasteiger charge is 2.54. The highest BCUT2D eigenvalue weighted by Crippen LogP contribution is 2.66. The average Bonchev–Trinajstić information content (AvgIpc) is 2.79. The van der Waals surface area contributed by atoms with Gasteiger partial charge in [0.25, 0.3) is 0 Å². The number of nitrogens with one attached hydrogen (secondary N) is 1. The van der Waals surface area contributed by atoms with E-state index in [4.69, 9.17) is 31.6 Å². The molecule has 16 nitrogen and oxygen atoms in total. The van der Waals surface area contributed by atoms with Crippen molar-refractivity contribution in [2.45, 2.75) is 24.9 Å². The number of aliphatic hydroxyl groups is 2. The molecule has 0 amide bonds. The molecule has 0 saturated carbocycles. The van der Waals surface area contributed by atoms with E-state index in [0.717, 1.165) is 4.57 Å². The molecule has 1 fully saturated rings. The van der Waals surface area contributed by atoms with Crippen molar-refractivity contribution in [2.75, 3.05) is 13.2 Å². The van der Waals surface area contributed by atoms with E-state index in [1.165, 1.54) is 19.2 Å². The van der Waals surface area contributed by atoms with Gasteiger partial charge in [-0.3, -0.25) is 14.1 Å². The van der Waals surface area contributed by atoms with E-state index in [1.807, 2.05) is 0 Å². The summed E-state index contributed by atoms with van der Waals surface area (Å²) < 4.78 is 52.0. The Balaban J connectivity index is 2.18. The Bertz CT molecular complexity index is 1060. The van der Waals surface area contributed by atoms with Crippen LogP contribution < -0.4 is 5.69 Å². The number of aromatic nitrogens is 2. The first-order chi connectivity index (χ1) is 14.0. The van der Waals surface area contributed by atoms with Gasteiger partial charge < -0.3 is 34.5 Å². The molecule has 1 aromatic rings. The molecular formula is C11H19N2O14P3S. The average molecular weight is 528 g/mol. The van der Waals surface area contributed by atoms with Crippen LogP contribution in [0.15, 0.2) is 17.1 Å². The van der Waals surface area contributed by atoms with Crippen molar-refractivity contribution < 1.29 is 61.4 Å². The Morgan fingerprint density at radius 3 is 2.35 bits per heavy atom. The number of nitrogens with zero attached hydrogens (tertiary/aromatic N) is 1. The molecule has 4 unspecified atom stereocenters. The predicted molar refractivity (Wildman–Crippen MR) is 101 cm³/mol. The van der Waals surface area contributed by atoms with Crippen molar-refractivity contribution in [3.8, 4) is 0 Å². The maximum absolute atomic E-state index is 12.1. The van der Waals surface area contributed by atoms with Crippen LogP contribution in [-0.2, 0) is 31.6 Å². The number of aliphatic hydroxyl groups excluding tert-OH is 1. The quantitative estimate of drug-likeness (QED) is 0.158. The third-order valence-corrected chi connectivity index (χ3v) is 8.16. The summed E-state index contributed by atoms with van der Waals surface area (Å²) in [6, 6.07) is 1.32. The lowest BCUT2D eigenvalue weighted by Gasteiger charge is -2.29.